The summed E-state index contributed by atoms with van der Waals surface area (Å²) in [7, 11) is -4.19. The highest BCUT2D eigenvalue weighted by molar-refractivity contribution is 7.90. The van der Waals surface area contributed by atoms with Gasteiger partial charge < -0.3 is 20.5 Å². The van der Waals surface area contributed by atoms with E-state index in [0.717, 1.165) is 6.20 Å². The number of para-hydroxylation sites is 1. The summed E-state index contributed by atoms with van der Waals surface area (Å²) in [5.74, 6) is -1.19. The Labute approximate surface area is 213 Å². The third-order valence-electron chi connectivity index (χ3n) is 4.94. The van der Waals surface area contributed by atoms with Crippen molar-refractivity contribution in [3.05, 3.63) is 89.7 Å². The monoisotopic (exact) mass is 526 g/mol. The van der Waals surface area contributed by atoms with Crippen molar-refractivity contribution in [1.29, 1.82) is 0 Å². The van der Waals surface area contributed by atoms with Gasteiger partial charge in [0.05, 0.1) is 17.1 Å². The highest BCUT2D eigenvalue weighted by atomic mass is 32.2. The number of hydrogen-bond acceptors (Lipinski definition) is 8. The van der Waals surface area contributed by atoms with E-state index in [-0.39, 0.29) is 48.4 Å². The summed E-state index contributed by atoms with van der Waals surface area (Å²) in [4.78, 5) is 40.0. The maximum Gasteiger partial charge on any atom is 0.269 e. The van der Waals surface area contributed by atoms with Crippen molar-refractivity contribution in [3.8, 4) is 5.75 Å². The number of rotatable bonds is 12. The molecule has 1 aromatic heterocycles. The molecule has 0 saturated heterocycles. The highest BCUT2D eigenvalue weighted by Crippen LogP contribution is 2.13. The Morgan fingerprint density at radius 1 is 0.892 bits per heavy atom. The van der Waals surface area contributed by atoms with Gasteiger partial charge in [-0.25, -0.2) is 13.1 Å². The number of pyridine rings is 1. The molecule has 0 fully saturated rings. The van der Waals surface area contributed by atoms with Crippen LogP contribution in [0, 0.1) is 0 Å². The molecule has 194 valence electrons. The Hall–Kier alpha value is -4.29. The van der Waals surface area contributed by atoms with Gasteiger partial charge in [0, 0.05) is 19.3 Å². The first-order valence-corrected chi connectivity index (χ1v) is 12.7. The van der Waals surface area contributed by atoms with Crippen LogP contribution < -0.4 is 20.1 Å². The number of carbonyl (C=O) groups excluding carboxylic acids is 3. The molecule has 0 spiro atoms. The second-order valence-electron chi connectivity index (χ2n) is 7.70. The predicted octanol–water partition coefficient (Wildman–Crippen LogP) is 0.660. The Kier molecular flexibility index (Phi) is 9.69. The minimum absolute atomic E-state index is 0.0132. The quantitative estimate of drug-likeness (QED) is 0.267. The van der Waals surface area contributed by atoms with Crippen molar-refractivity contribution in [3.63, 3.8) is 0 Å². The van der Waals surface area contributed by atoms with Gasteiger partial charge in [-0.15, -0.1) is 0 Å². The van der Waals surface area contributed by atoms with Crippen molar-refractivity contribution in [2.24, 2.45) is 0 Å². The zero-order valence-electron chi connectivity index (χ0n) is 19.7. The van der Waals surface area contributed by atoms with Gasteiger partial charge in [0.1, 0.15) is 11.4 Å². The van der Waals surface area contributed by atoms with Crippen molar-refractivity contribution < 1.29 is 32.6 Å². The number of amides is 3. The van der Waals surface area contributed by atoms with Gasteiger partial charge in [0.25, 0.3) is 27.7 Å². The summed E-state index contributed by atoms with van der Waals surface area (Å²) in [6, 6.07) is 17.5. The van der Waals surface area contributed by atoms with Crippen LogP contribution in [-0.2, 0) is 21.2 Å². The van der Waals surface area contributed by atoms with E-state index in [2.05, 4.69) is 15.6 Å². The van der Waals surface area contributed by atoms with Crippen LogP contribution in [0.25, 0.3) is 0 Å². The number of aliphatic hydroxyl groups excluding tert-OH is 1. The number of nitrogens with one attached hydrogen (secondary N) is 3. The van der Waals surface area contributed by atoms with Gasteiger partial charge in [0.15, 0.2) is 6.61 Å². The average Bonchev–Trinajstić information content (AvgIpc) is 2.91. The predicted molar refractivity (Wildman–Crippen MR) is 133 cm³/mol. The van der Waals surface area contributed by atoms with Gasteiger partial charge >= 0.3 is 0 Å². The van der Waals surface area contributed by atoms with Crippen LogP contribution in [0.5, 0.6) is 5.75 Å². The second kappa shape index (κ2) is 13.1. The molecule has 2 aromatic carbocycles. The number of nitrogens with zero attached hydrogens (tertiary/aromatic N) is 1. The molecule has 3 amide bonds. The number of carbonyl (C=O) groups is 3. The van der Waals surface area contributed by atoms with E-state index >= 15 is 0 Å². The molecule has 37 heavy (non-hydrogen) atoms. The maximum atomic E-state index is 12.7. The van der Waals surface area contributed by atoms with E-state index in [0.29, 0.717) is 17.7 Å². The minimum Gasteiger partial charge on any atom is -0.484 e. The molecule has 0 saturated carbocycles. The van der Waals surface area contributed by atoms with Crippen LogP contribution in [-0.4, -0.2) is 62.5 Å². The number of benzene rings is 2. The van der Waals surface area contributed by atoms with Crippen LogP contribution in [0.4, 0.5) is 0 Å². The fraction of sp³-hybridized carbons (Fsp3) is 0.200. The molecule has 4 N–H and O–H groups in total. The first-order valence-electron chi connectivity index (χ1n) is 11.2. The number of aromatic nitrogens is 1. The Balaban J connectivity index is 1.53. The van der Waals surface area contributed by atoms with Crippen molar-refractivity contribution in [1.82, 2.24) is 20.3 Å². The molecule has 12 heteroatoms. The molecule has 0 radical (unpaired) electrons. The lowest BCUT2D eigenvalue weighted by molar-refractivity contribution is -0.123. The standard InChI is InChI=1S/C25H26N4O7S/c30-14-13-27-25(33)22-10-9-19(16-28-22)24(32)29-37(34,35)21-8-4-5-18(15-21)11-12-26-23(31)17-36-20-6-2-1-3-7-20/h1-10,15-16,30H,11-14,17H2,(H,26,31)(H,27,33)(H,29,32). The van der Waals surface area contributed by atoms with Gasteiger partial charge in [-0.2, -0.15) is 0 Å². The molecule has 1 heterocycles. The lowest BCUT2D eigenvalue weighted by atomic mass is 10.1. The molecule has 11 nitrogen and oxygen atoms in total. The third kappa shape index (κ3) is 8.40. The fourth-order valence-electron chi connectivity index (χ4n) is 3.09. The lowest BCUT2D eigenvalue weighted by Gasteiger charge is -2.10. The second-order valence-corrected chi connectivity index (χ2v) is 9.38. The Bertz CT molecular complexity index is 1330. The molecule has 0 unspecified atom stereocenters. The number of hydrogen-bond donors (Lipinski definition) is 4. The summed E-state index contributed by atoms with van der Waals surface area (Å²) in [6.07, 6.45) is 1.44. The van der Waals surface area contributed by atoms with Crippen LogP contribution in [0.1, 0.15) is 26.4 Å². The maximum absolute atomic E-state index is 12.7. The SMILES string of the molecule is O=C(COc1ccccc1)NCCc1cccc(S(=O)(=O)NC(=O)c2ccc(C(=O)NCCO)nc2)c1. The average molecular weight is 527 g/mol. The number of aliphatic hydroxyl groups is 1. The van der Waals surface area contributed by atoms with Gasteiger partial charge in [-0.3, -0.25) is 19.4 Å². The summed E-state index contributed by atoms with van der Waals surface area (Å²) in [6.45, 7) is -0.0663. The molecule has 0 aliphatic rings. The Morgan fingerprint density at radius 2 is 1.68 bits per heavy atom. The van der Waals surface area contributed by atoms with E-state index < -0.39 is 21.8 Å². The topological polar surface area (TPSA) is 164 Å². The Morgan fingerprint density at radius 3 is 2.38 bits per heavy atom. The van der Waals surface area contributed by atoms with Crippen LogP contribution in [0.15, 0.2) is 77.8 Å². The third-order valence-corrected chi connectivity index (χ3v) is 6.27. The van der Waals surface area contributed by atoms with Crippen molar-refractivity contribution >= 4 is 27.7 Å². The van der Waals surface area contributed by atoms with Crippen molar-refractivity contribution in [2.45, 2.75) is 11.3 Å². The first-order chi connectivity index (χ1) is 17.8. The van der Waals surface area contributed by atoms with E-state index in [9.17, 15) is 22.8 Å². The van der Waals surface area contributed by atoms with Gasteiger partial charge in [-0.05, 0) is 48.4 Å². The molecule has 3 rings (SSSR count). The minimum atomic E-state index is -4.19. The summed E-state index contributed by atoms with van der Waals surface area (Å²) in [5, 5.41) is 13.9. The summed E-state index contributed by atoms with van der Waals surface area (Å²) in [5.41, 5.74) is 0.595. The van der Waals surface area contributed by atoms with Crippen LogP contribution in [0.2, 0.25) is 0 Å². The van der Waals surface area contributed by atoms with E-state index in [1.165, 1.54) is 30.3 Å². The molecule has 3 aromatic rings. The van der Waals surface area contributed by atoms with Crippen molar-refractivity contribution in [2.75, 3.05) is 26.3 Å². The normalized spacial score (nSPS) is 10.8. The van der Waals surface area contributed by atoms with E-state index in [4.69, 9.17) is 9.84 Å². The van der Waals surface area contributed by atoms with Crippen LogP contribution >= 0.6 is 0 Å². The first kappa shape index (κ1) is 27.3. The molecular formula is C25H26N4O7S. The summed E-state index contributed by atoms with van der Waals surface area (Å²) < 4.78 is 32.8. The highest BCUT2D eigenvalue weighted by Gasteiger charge is 2.20. The zero-order valence-corrected chi connectivity index (χ0v) is 20.5. The smallest absolute Gasteiger partial charge is 0.269 e. The largest absolute Gasteiger partial charge is 0.484 e. The number of ether oxygens (including phenoxy) is 1. The van der Waals surface area contributed by atoms with Gasteiger partial charge in [0.2, 0.25) is 0 Å². The van der Waals surface area contributed by atoms with E-state index in [1.54, 1.807) is 30.3 Å². The van der Waals surface area contributed by atoms with Crippen LogP contribution in [0.3, 0.4) is 0 Å². The number of sulfonamides is 1. The zero-order chi connectivity index (χ0) is 26.7. The summed E-state index contributed by atoms with van der Waals surface area (Å²) >= 11 is 0. The molecule has 0 atom stereocenters. The molecule has 0 bridgehead atoms. The lowest BCUT2D eigenvalue weighted by Crippen LogP contribution is -2.31. The van der Waals surface area contributed by atoms with E-state index in [1.807, 2.05) is 10.8 Å². The molecule has 0 aliphatic carbocycles. The molecular weight excluding hydrogens is 500 g/mol. The van der Waals surface area contributed by atoms with Gasteiger partial charge in [-0.1, -0.05) is 30.3 Å². The fourth-order valence-corrected chi connectivity index (χ4v) is 4.14. The molecule has 0 aliphatic heterocycles.